The molecule has 81 valence electrons. The van der Waals surface area contributed by atoms with E-state index >= 15 is 0 Å². The van der Waals surface area contributed by atoms with Gasteiger partial charge in [-0.1, -0.05) is 18.2 Å². The fourth-order valence-corrected chi connectivity index (χ4v) is 1.44. The predicted molar refractivity (Wildman–Crippen MR) is 65.5 cm³/mol. The molecule has 2 aromatic carbocycles. The third kappa shape index (κ3) is 2.76. The Morgan fingerprint density at radius 3 is 2.12 bits per heavy atom. The summed E-state index contributed by atoms with van der Waals surface area (Å²) in [5, 5.41) is 4.49. The van der Waals surface area contributed by atoms with Crippen LogP contribution in [0.1, 0.15) is 6.92 Å². The molecule has 0 saturated heterocycles. The van der Waals surface area contributed by atoms with E-state index in [2.05, 4.69) is 5.32 Å². The smallest absolute Gasteiger partial charge is 0.119 e. The zero-order chi connectivity index (χ0) is 11.2. The van der Waals surface area contributed by atoms with Crippen molar-refractivity contribution < 1.29 is 4.74 Å². The third-order valence-corrected chi connectivity index (χ3v) is 2.16. The second-order valence-corrected chi connectivity index (χ2v) is 3.37. The summed E-state index contributed by atoms with van der Waals surface area (Å²) >= 11 is 0. The van der Waals surface area contributed by atoms with Crippen molar-refractivity contribution in [1.82, 2.24) is 5.32 Å². The lowest BCUT2D eigenvalue weighted by atomic mass is 10.2. The molecule has 0 aromatic heterocycles. The highest BCUT2D eigenvalue weighted by Gasteiger charge is 1.97. The Bertz CT molecular complexity index is 422. The first kappa shape index (κ1) is 10.6. The maximum absolute atomic E-state index is 5.37. The van der Waals surface area contributed by atoms with Gasteiger partial charge < -0.3 is 4.74 Å². The van der Waals surface area contributed by atoms with E-state index in [4.69, 9.17) is 4.74 Å². The lowest BCUT2D eigenvalue weighted by molar-refractivity contribution is 0.340. The van der Waals surface area contributed by atoms with E-state index in [0.29, 0.717) is 6.61 Å². The number of nitrogens with zero attached hydrogens (tertiary/aromatic N) is 1. The summed E-state index contributed by atoms with van der Waals surface area (Å²) in [5.41, 5.74) is 1.90. The minimum Gasteiger partial charge on any atom is -0.494 e. The predicted octanol–water partition coefficient (Wildman–Crippen LogP) is 3.65. The van der Waals surface area contributed by atoms with Crippen LogP contribution >= 0.6 is 0 Å². The quantitative estimate of drug-likeness (QED) is 0.758. The van der Waals surface area contributed by atoms with Gasteiger partial charge in [0.05, 0.1) is 18.0 Å². The van der Waals surface area contributed by atoms with Crippen LogP contribution < -0.4 is 10.1 Å². The van der Waals surface area contributed by atoms with Crippen LogP contribution in [0.3, 0.4) is 0 Å². The maximum Gasteiger partial charge on any atom is 0.119 e. The van der Waals surface area contributed by atoms with Crippen LogP contribution in [-0.2, 0) is 0 Å². The van der Waals surface area contributed by atoms with Crippen LogP contribution in [0.2, 0.25) is 0 Å². The summed E-state index contributed by atoms with van der Waals surface area (Å²) < 4.78 is 5.37. The molecule has 0 bridgehead atoms. The minimum atomic E-state index is 0.690. The Morgan fingerprint density at radius 2 is 1.50 bits per heavy atom. The lowest BCUT2D eigenvalue weighted by Crippen LogP contribution is -1.92. The van der Waals surface area contributed by atoms with E-state index in [1.807, 2.05) is 61.5 Å². The number of rotatable bonds is 4. The highest BCUT2D eigenvalue weighted by atomic mass is 16.5. The Labute approximate surface area is 95.9 Å². The van der Waals surface area contributed by atoms with Crippen LogP contribution in [0.25, 0.3) is 0 Å². The van der Waals surface area contributed by atoms with E-state index in [-0.39, 0.29) is 0 Å². The molecule has 0 amide bonds. The van der Waals surface area contributed by atoms with Gasteiger partial charge in [-0.05, 0) is 43.3 Å². The van der Waals surface area contributed by atoms with Gasteiger partial charge in [-0.2, -0.15) is 0 Å². The van der Waals surface area contributed by atoms with E-state index in [0.717, 1.165) is 17.1 Å². The maximum atomic E-state index is 5.37. The molecule has 0 aliphatic heterocycles. The first-order chi connectivity index (χ1) is 7.88. The Kier molecular flexibility index (Phi) is 3.44. The molecule has 0 spiro atoms. The molecule has 2 nitrogen and oxygen atoms in total. The van der Waals surface area contributed by atoms with Crippen LogP contribution in [0, 0.1) is 0 Å². The van der Waals surface area contributed by atoms with Crippen LogP contribution in [0.5, 0.6) is 5.75 Å². The van der Waals surface area contributed by atoms with Gasteiger partial charge in [-0.25, -0.2) is 5.32 Å². The van der Waals surface area contributed by atoms with Gasteiger partial charge >= 0.3 is 0 Å². The van der Waals surface area contributed by atoms with E-state index in [1.165, 1.54) is 0 Å². The Morgan fingerprint density at radius 1 is 0.875 bits per heavy atom. The number of hydrogen-bond acceptors (Lipinski definition) is 1. The molecule has 2 rings (SSSR count). The average molecular weight is 212 g/mol. The SMILES string of the molecule is CCOc1ccc([N]c2ccccc2)cc1. The number of benzene rings is 2. The van der Waals surface area contributed by atoms with Gasteiger partial charge in [0.15, 0.2) is 0 Å². The van der Waals surface area contributed by atoms with Crippen molar-refractivity contribution in [1.29, 1.82) is 0 Å². The van der Waals surface area contributed by atoms with Gasteiger partial charge in [-0.3, -0.25) is 0 Å². The molecule has 0 N–H and O–H groups in total. The normalized spacial score (nSPS) is 9.81. The van der Waals surface area contributed by atoms with Gasteiger partial charge in [0.25, 0.3) is 0 Å². The van der Waals surface area contributed by atoms with Gasteiger partial charge in [0, 0.05) is 0 Å². The molecule has 0 aliphatic rings. The van der Waals surface area contributed by atoms with Crippen molar-refractivity contribution in [2.45, 2.75) is 6.92 Å². The van der Waals surface area contributed by atoms with Crippen molar-refractivity contribution >= 4 is 11.4 Å². The van der Waals surface area contributed by atoms with Gasteiger partial charge in [-0.15, -0.1) is 0 Å². The fourth-order valence-electron chi connectivity index (χ4n) is 1.44. The molecule has 2 heteroatoms. The molecule has 0 aliphatic carbocycles. The number of para-hydroxylation sites is 1. The lowest BCUT2D eigenvalue weighted by Gasteiger charge is -2.05. The van der Waals surface area contributed by atoms with Crippen molar-refractivity contribution in [3.63, 3.8) is 0 Å². The van der Waals surface area contributed by atoms with Gasteiger partial charge in [0.1, 0.15) is 5.75 Å². The number of ether oxygens (including phenoxy) is 1. The first-order valence-electron chi connectivity index (χ1n) is 5.38. The van der Waals surface area contributed by atoms with Crippen molar-refractivity contribution in [2.75, 3.05) is 6.61 Å². The van der Waals surface area contributed by atoms with Gasteiger partial charge in [0.2, 0.25) is 0 Å². The van der Waals surface area contributed by atoms with Crippen LogP contribution in [-0.4, -0.2) is 6.61 Å². The summed E-state index contributed by atoms with van der Waals surface area (Å²) in [5.74, 6) is 0.884. The molecule has 0 heterocycles. The minimum absolute atomic E-state index is 0.690. The number of hydrogen-bond donors (Lipinski definition) is 0. The molecule has 2 aromatic rings. The van der Waals surface area contributed by atoms with E-state index in [1.54, 1.807) is 0 Å². The highest BCUT2D eigenvalue weighted by molar-refractivity contribution is 5.49. The molecule has 0 fully saturated rings. The van der Waals surface area contributed by atoms with Crippen molar-refractivity contribution in [3.05, 3.63) is 54.6 Å². The molecule has 16 heavy (non-hydrogen) atoms. The summed E-state index contributed by atoms with van der Waals surface area (Å²) in [6.45, 7) is 2.66. The summed E-state index contributed by atoms with van der Waals surface area (Å²) in [6.07, 6.45) is 0. The summed E-state index contributed by atoms with van der Waals surface area (Å²) in [4.78, 5) is 0. The second kappa shape index (κ2) is 5.21. The van der Waals surface area contributed by atoms with Crippen LogP contribution in [0.4, 0.5) is 11.4 Å². The van der Waals surface area contributed by atoms with Crippen LogP contribution in [0.15, 0.2) is 54.6 Å². The molecular weight excluding hydrogens is 198 g/mol. The molecule has 0 unspecified atom stereocenters. The standard InChI is InChI=1S/C14H14NO/c1-2-16-14-10-8-13(9-11-14)15-12-6-4-3-5-7-12/h3-11H,2H2,1H3. The fraction of sp³-hybridized carbons (Fsp3) is 0.143. The largest absolute Gasteiger partial charge is 0.494 e. The monoisotopic (exact) mass is 212 g/mol. The zero-order valence-corrected chi connectivity index (χ0v) is 9.26. The zero-order valence-electron chi connectivity index (χ0n) is 9.26. The molecule has 0 atom stereocenters. The topological polar surface area (TPSA) is 23.3 Å². The average Bonchev–Trinajstić information content (AvgIpc) is 2.33. The molecule has 1 radical (unpaired) electrons. The van der Waals surface area contributed by atoms with E-state index in [9.17, 15) is 0 Å². The van der Waals surface area contributed by atoms with E-state index < -0.39 is 0 Å². The summed E-state index contributed by atoms with van der Waals surface area (Å²) in [7, 11) is 0. The summed E-state index contributed by atoms with van der Waals surface area (Å²) in [6, 6.07) is 17.7. The van der Waals surface area contributed by atoms with Crippen molar-refractivity contribution in [2.24, 2.45) is 0 Å². The highest BCUT2D eigenvalue weighted by Crippen LogP contribution is 2.19. The Hall–Kier alpha value is -1.96. The third-order valence-electron chi connectivity index (χ3n) is 2.16. The second-order valence-electron chi connectivity index (χ2n) is 3.37. The van der Waals surface area contributed by atoms with Crippen molar-refractivity contribution in [3.8, 4) is 5.75 Å². The Balaban J connectivity index is 2.05. The first-order valence-corrected chi connectivity index (χ1v) is 5.38. The molecular formula is C14H14NO. The molecule has 0 saturated carbocycles.